The third-order valence-electron chi connectivity index (χ3n) is 6.41. The molecular formula is C30H28F3NO6. The van der Waals surface area contributed by atoms with E-state index >= 15 is 0 Å². The largest absolute Gasteiger partial charge is 0.573 e. The highest BCUT2D eigenvalue weighted by Gasteiger charge is 2.47. The highest BCUT2D eigenvalue weighted by atomic mass is 19.4. The summed E-state index contributed by atoms with van der Waals surface area (Å²) >= 11 is 0. The molecule has 1 N–H and O–H groups in total. The highest BCUT2D eigenvalue weighted by molar-refractivity contribution is 6.51. The van der Waals surface area contributed by atoms with Gasteiger partial charge in [-0.05, 0) is 66.4 Å². The van der Waals surface area contributed by atoms with E-state index in [0.717, 1.165) is 22.6 Å². The maximum atomic E-state index is 13.4. The first-order valence-electron chi connectivity index (χ1n) is 12.5. The van der Waals surface area contributed by atoms with Crippen LogP contribution in [0.2, 0.25) is 0 Å². The van der Waals surface area contributed by atoms with Gasteiger partial charge < -0.3 is 19.3 Å². The molecule has 1 saturated heterocycles. The van der Waals surface area contributed by atoms with Crippen LogP contribution >= 0.6 is 0 Å². The molecule has 1 fully saturated rings. The second-order valence-electron chi connectivity index (χ2n) is 9.33. The summed E-state index contributed by atoms with van der Waals surface area (Å²) in [6, 6.07) is 15.0. The van der Waals surface area contributed by atoms with E-state index in [1.807, 2.05) is 20.8 Å². The molecule has 1 amide bonds. The van der Waals surface area contributed by atoms with E-state index in [9.17, 15) is 27.9 Å². The Hall–Kier alpha value is -4.47. The second kappa shape index (κ2) is 11.3. The van der Waals surface area contributed by atoms with Gasteiger partial charge in [-0.3, -0.25) is 14.5 Å². The summed E-state index contributed by atoms with van der Waals surface area (Å²) in [5.74, 6) is -1.83. The quantitative estimate of drug-likeness (QED) is 0.188. The number of aliphatic hydroxyl groups is 1. The predicted molar refractivity (Wildman–Crippen MR) is 143 cm³/mol. The summed E-state index contributed by atoms with van der Waals surface area (Å²) in [4.78, 5) is 27.9. The van der Waals surface area contributed by atoms with Crippen molar-refractivity contribution in [3.8, 4) is 17.2 Å². The molecule has 4 rings (SSSR count). The number of carbonyl (C=O) groups is 2. The minimum atomic E-state index is -4.95. The molecule has 0 radical (unpaired) electrons. The van der Waals surface area contributed by atoms with Crippen molar-refractivity contribution >= 4 is 23.1 Å². The van der Waals surface area contributed by atoms with Crippen LogP contribution in [0.4, 0.5) is 18.9 Å². The molecule has 1 heterocycles. The van der Waals surface area contributed by atoms with Gasteiger partial charge in [0.25, 0.3) is 11.7 Å². The normalized spacial score (nSPS) is 16.9. The van der Waals surface area contributed by atoms with Gasteiger partial charge in [-0.1, -0.05) is 32.0 Å². The summed E-state index contributed by atoms with van der Waals surface area (Å²) in [6.45, 7) is 6.19. The number of rotatable bonds is 8. The van der Waals surface area contributed by atoms with Gasteiger partial charge in [0, 0.05) is 17.3 Å². The summed E-state index contributed by atoms with van der Waals surface area (Å²) in [5, 5.41) is 11.5. The van der Waals surface area contributed by atoms with E-state index < -0.39 is 35.6 Å². The molecule has 210 valence electrons. The Morgan fingerprint density at radius 3 is 2.30 bits per heavy atom. The SMILES string of the molecule is CCOc1ccc(/C(O)=C2/C(=O)C(=O)N(c3cccc(OC(F)(F)F)c3)C2c2ccc(OC)cc2)cc1C(C)C. The molecule has 10 heteroatoms. The predicted octanol–water partition coefficient (Wildman–Crippen LogP) is 6.74. The molecule has 7 nitrogen and oxygen atoms in total. The van der Waals surface area contributed by atoms with Gasteiger partial charge in [0.05, 0.1) is 25.3 Å². The molecule has 0 bridgehead atoms. The zero-order valence-corrected chi connectivity index (χ0v) is 22.3. The highest BCUT2D eigenvalue weighted by Crippen LogP contribution is 2.44. The summed E-state index contributed by atoms with van der Waals surface area (Å²) < 4.78 is 53.7. The standard InChI is InChI=1S/C30H28F3NO6/c1-5-39-24-14-11-19(15-23(24)17(2)3)27(35)25-26(18-9-12-21(38-4)13-10-18)34(29(37)28(25)36)20-7-6-8-22(16-20)40-30(31,32)33/h6-17,26,35H,5H2,1-4H3/b27-25-. The van der Waals surface area contributed by atoms with E-state index in [-0.39, 0.29) is 22.7 Å². The van der Waals surface area contributed by atoms with Crippen molar-refractivity contribution < 1.29 is 42.1 Å². The van der Waals surface area contributed by atoms with E-state index in [4.69, 9.17) is 9.47 Å². The molecule has 1 aliphatic rings. The Morgan fingerprint density at radius 1 is 1.00 bits per heavy atom. The minimum Gasteiger partial charge on any atom is -0.507 e. The number of anilines is 1. The number of amides is 1. The van der Waals surface area contributed by atoms with Gasteiger partial charge in [0.2, 0.25) is 0 Å². The number of ether oxygens (including phenoxy) is 3. The molecule has 1 unspecified atom stereocenters. The van der Waals surface area contributed by atoms with Crippen molar-refractivity contribution in [1.82, 2.24) is 0 Å². The number of hydrogen-bond donors (Lipinski definition) is 1. The maximum Gasteiger partial charge on any atom is 0.573 e. The van der Waals surface area contributed by atoms with Gasteiger partial charge in [-0.25, -0.2) is 0 Å². The molecule has 1 aliphatic heterocycles. The first-order chi connectivity index (χ1) is 18.9. The van der Waals surface area contributed by atoms with E-state index in [2.05, 4.69) is 4.74 Å². The Balaban J connectivity index is 1.91. The second-order valence-corrected chi connectivity index (χ2v) is 9.33. The fourth-order valence-electron chi connectivity index (χ4n) is 4.62. The van der Waals surface area contributed by atoms with Crippen LogP contribution in [0.1, 0.15) is 49.4 Å². The lowest BCUT2D eigenvalue weighted by molar-refractivity contribution is -0.274. The molecule has 1 atom stereocenters. The van der Waals surface area contributed by atoms with Gasteiger partial charge in [0.1, 0.15) is 23.0 Å². The van der Waals surface area contributed by atoms with Crippen molar-refractivity contribution in [2.45, 2.75) is 39.1 Å². The van der Waals surface area contributed by atoms with Gasteiger partial charge in [-0.15, -0.1) is 13.2 Å². The topological polar surface area (TPSA) is 85.3 Å². The monoisotopic (exact) mass is 555 g/mol. The Morgan fingerprint density at radius 2 is 1.70 bits per heavy atom. The fourth-order valence-corrected chi connectivity index (χ4v) is 4.62. The molecule has 0 aromatic heterocycles. The first-order valence-corrected chi connectivity index (χ1v) is 12.5. The summed E-state index contributed by atoms with van der Waals surface area (Å²) in [7, 11) is 1.48. The van der Waals surface area contributed by atoms with Gasteiger partial charge >= 0.3 is 6.36 Å². The number of carbonyl (C=O) groups excluding carboxylic acids is 2. The van der Waals surface area contributed by atoms with Crippen LogP contribution < -0.4 is 19.1 Å². The van der Waals surface area contributed by atoms with Gasteiger partial charge in [0.15, 0.2) is 0 Å². The Bertz CT molecular complexity index is 1450. The number of nitrogens with zero attached hydrogens (tertiary/aromatic N) is 1. The molecule has 40 heavy (non-hydrogen) atoms. The van der Waals surface area contributed by atoms with E-state index in [0.29, 0.717) is 23.7 Å². The summed E-state index contributed by atoms with van der Waals surface area (Å²) in [5.41, 5.74) is 1.28. The Kier molecular flexibility index (Phi) is 8.08. The molecule has 0 aliphatic carbocycles. The Labute approximate surface area is 229 Å². The molecule has 0 spiro atoms. The van der Waals surface area contributed by atoms with Crippen LogP contribution in [0.15, 0.2) is 72.3 Å². The lowest BCUT2D eigenvalue weighted by atomic mass is 9.93. The van der Waals surface area contributed by atoms with Crippen LogP contribution in [0.3, 0.4) is 0 Å². The van der Waals surface area contributed by atoms with Crippen LogP contribution in [0.5, 0.6) is 17.2 Å². The van der Waals surface area contributed by atoms with Crippen molar-refractivity contribution in [1.29, 1.82) is 0 Å². The smallest absolute Gasteiger partial charge is 0.507 e. The third-order valence-corrected chi connectivity index (χ3v) is 6.41. The molecule has 3 aromatic carbocycles. The van der Waals surface area contributed by atoms with E-state index in [1.165, 1.54) is 19.2 Å². The third kappa shape index (κ3) is 5.75. The first kappa shape index (κ1) is 28.5. The van der Waals surface area contributed by atoms with Crippen molar-refractivity contribution in [3.05, 3.63) is 89.0 Å². The number of halogens is 3. The van der Waals surface area contributed by atoms with E-state index in [1.54, 1.807) is 42.5 Å². The number of alkyl halides is 3. The fraction of sp³-hybridized carbons (Fsp3) is 0.267. The summed E-state index contributed by atoms with van der Waals surface area (Å²) in [6.07, 6.45) is -4.95. The minimum absolute atomic E-state index is 0.0155. The van der Waals surface area contributed by atoms with Crippen LogP contribution in [-0.2, 0) is 9.59 Å². The maximum absolute atomic E-state index is 13.4. The van der Waals surface area contributed by atoms with Gasteiger partial charge in [-0.2, -0.15) is 0 Å². The lowest BCUT2D eigenvalue weighted by Gasteiger charge is -2.26. The average Bonchev–Trinajstić information content (AvgIpc) is 3.18. The zero-order chi connectivity index (χ0) is 29.2. The molecule has 3 aromatic rings. The van der Waals surface area contributed by atoms with Crippen LogP contribution in [0.25, 0.3) is 5.76 Å². The van der Waals surface area contributed by atoms with Crippen molar-refractivity contribution in [2.75, 3.05) is 18.6 Å². The van der Waals surface area contributed by atoms with Crippen molar-refractivity contribution in [2.24, 2.45) is 0 Å². The number of Topliss-reactive ketones (excluding diaryl/α,β-unsaturated/α-hetero) is 1. The zero-order valence-electron chi connectivity index (χ0n) is 22.3. The lowest BCUT2D eigenvalue weighted by Crippen LogP contribution is -2.29. The average molecular weight is 556 g/mol. The molecule has 0 saturated carbocycles. The van der Waals surface area contributed by atoms with Crippen molar-refractivity contribution in [3.63, 3.8) is 0 Å². The number of hydrogen-bond acceptors (Lipinski definition) is 6. The number of aliphatic hydroxyl groups excluding tert-OH is 1. The number of methoxy groups -OCH3 is 1. The number of benzene rings is 3. The molecular weight excluding hydrogens is 527 g/mol. The number of ketones is 1. The van der Waals surface area contributed by atoms with Crippen LogP contribution in [-0.4, -0.2) is 36.9 Å². The van der Waals surface area contributed by atoms with Crippen LogP contribution in [0, 0.1) is 0 Å².